The third-order valence-electron chi connectivity index (χ3n) is 3.78. The van der Waals surface area contributed by atoms with Gasteiger partial charge in [0.2, 0.25) is 0 Å². The van der Waals surface area contributed by atoms with Gasteiger partial charge >= 0.3 is 5.97 Å². The van der Waals surface area contributed by atoms with Crippen LogP contribution < -0.4 is 5.32 Å². The highest BCUT2D eigenvalue weighted by Gasteiger charge is 2.31. The Morgan fingerprint density at radius 3 is 2.52 bits per heavy atom. The Labute approximate surface area is 134 Å². The Bertz CT molecular complexity index is 710. The van der Waals surface area contributed by atoms with Crippen LogP contribution in [0, 0.1) is 13.8 Å². The summed E-state index contributed by atoms with van der Waals surface area (Å²) < 4.78 is 10.6. The molecular formula is C17H21NO5. The molecule has 0 aliphatic heterocycles. The summed E-state index contributed by atoms with van der Waals surface area (Å²) in [5.74, 6) is -1.32. The largest absolute Gasteiger partial charge is 0.481 e. The van der Waals surface area contributed by atoms with Gasteiger partial charge in [-0.3, -0.25) is 9.59 Å². The lowest BCUT2D eigenvalue weighted by Crippen LogP contribution is -2.50. The maximum absolute atomic E-state index is 12.4. The van der Waals surface area contributed by atoms with E-state index in [1.165, 1.54) is 7.11 Å². The number of benzene rings is 1. The predicted octanol–water partition coefficient (Wildman–Crippen LogP) is 2.66. The molecule has 1 unspecified atom stereocenters. The minimum atomic E-state index is -1.01. The van der Waals surface area contributed by atoms with E-state index in [1.54, 1.807) is 13.0 Å². The molecule has 0 bridgehead atoms. The summed E-state index contributed by atoms with van der Waals surface area (Å²) in [4.78, 5) is 23.4. The maximum atomic E-state index is 12.4. The summed E-state index contributed by atoms with van der Waals surface area (Å²) in [7, 11) is 1.46. The van der Waals surface area contributed by atoms with Crippen LogP contribution in [0.5, 0.6) is 0 Å². The monoisotopic (exact) mass is 319 g/mol. The van der Waals surface area contributed by atoms with Crippen LogP contribution in [0.4, 0.5) is 0 Å². The Kier molecular flexibility index (Phi) is 4.75. The first-order chi connectivity index (χ1) is 10.7. The molecule has 0 radical (unpaired) electrons. The SMILES string of the molecule is COCC(C)(CC(=O)O)NC(=O)c1cc2cc(C)c(C)cc2o1. The van der Waals surface area contributed by atoms with Crippen LogP contribution in [0.15, 0.2) is 22.6 Å². The van der Waals surface area contributed by atoms with Gasteiger partial charge in [0.05, 0.1) is 18.6 Å². The van der Waals surface area contributed by atoms with Crippen molar-refractivity contribution in [1.29, 1.82) is 0 Å². The number of aliphatic carboxylic acids is 1. The molecule has 1 aromatic heterocycles. The quantitative estimate of drug-likeness (QED) is 0.854. The van der Waals surface area contributed by atoms with Crippen molar-refractivity contribution < 1.29 is 23.8 Å². The molecule has 0 aliphatic rings. The van der Waals surface area contributed by atoms with Crippen molar-refractivity contribution in [2.24, 2.45) is 0 Å². The van der Waals surface area contributed by atoms with Gasteiger partial charge in [-0.25, -0.2) is 0 Å². The van der Waals surface area contributed by atoms with Crippen molar-refractivity contribution in [2.75, 3.05) is 13.7 Å². The summed E-state index contributed by atoms with van der Waals surface area (Å²) in [6, 6.07) is 5.49. The zero-order valence-electron chi connectivity index (χ0n) is 13.7. The smallest absolute Gasteiger partial charge is 0.305 e. The number of aryl methyl sites for hydroxylation is 2. The molecule has 0 saturated carbocycles. The van der Waals surface area contributed by atoms with Crippen LogP contribution in [0.1, 0.15) is 35.0 Å². The van der Waals surface area contributed by atoms with Crippen molar-refractivity contribution in [2.45, 2.75) is 32.7 Å². The Balaban J connectivity index is 2.27. The molecule has 0 spiro atoms. The number of hydrogen-bond acceptors (Lipinski definition) is 4. The summed E-state index contributed by atoms with van der Waals surface area (Å²) >= 11 is 0. The highest BCUT2D eigenvalue weighted by molar-refractivity contribution is 5.97. The third kappa shape index (κ3) is 3.90. The average Bonchev–Trinajstić information content (AvgIpc) is 2.81. The van der Waals surface area contributed by atoms with Gasteiger partial charge in [0.1, 0.15) is 5.58 Å². The molecule has 23 heavy (non-hydrogen) atoms. The fraction of sp³-hybridized carbons (Fsp3) is 0.412. The number of fused-ring (bicyclic) bond motifs is 1. The highest BCUT2D eigenvalue weighted by Crippen LogP contribution is 2.24. The third-order valence-corrected chi connectivity index (χ3v) is 3.78. The highest BCUT2D eigenvalue weighted by atomic mass is 16.5. The predicted molar refractivity (Wildman–Crippen MR) is 85.7 cm³/mol. The number of methoxy groups -OCH3 is 1. The lowest BCUT2D eigenvalue weighted by molar-refractivity contribution is -0.139. The van der Waals surface area contributed by atoms with Gasteiger partial charge in [-0.15, -0.1) is 0 Å². The molecule has 2 N–H and O–H groups in total. The van der Waals surface area contributed by atoms with Gasteiger partial charge in [0, 0.05) is 12.5 Å². The van der Waals surface area contributed by atoms with Crippen molar-refractivity contribution in [3.05, 3.63) is 35.1 Å². The number of rotatable bonds is 6. The second-order valence-electron chi connectivity index (χ2n) is 6.10. The van der Waals surface area contributed by atoms with Gasteiger partial charge in [0.25, 0.3) is 5.91 Å². The standard InChI is InChI=1S/C17H21NO5/c1-10-5-12-7-14(23-13(12)6-11(10)2)16(21)18-17(3,9-22-4)8-15(19)20/h5-7H,8-9H2,1-4H3,(H,18,21)(H,19,20). The van der Waals surface area contributed by atoms with E-state index in [4.69, 9.17) is 14.3 Å². The zero-order valence-corrected chi connectivity index (χ0v) is 13.7. The topological polar surface area (TPSA) is 88.8 Å². The Morgan fingerprint density at radius 1 is 1.26 bits per heavy atom. The molecule has 0 fully saturated rings. The van der Waals surface area contributed by atoms with E-state index < -0.39 is 17.4 Å². The number of carboxylic acid groups (broad SMARTS) is 1. The molecule has 1 aromatic carbocycles. The van der Waals surface area contributed by atoms with Gasteiger partial charge in [-0.05, 0) is 50.1 Å². The molecule has 6 heteroatoms. The number of ether oxygens (including phenoxy) is 1. The molecule has 0 aliphatic carbocycles. The summed E-state index contributed by atoms with van der Waals surface area (Å²) in [6.45, 7) is 5.67. The van der Waals surface area contributed by atoms with E-state index in [9.17, 15) is 9.59 Å². The first-order valence-corrected chi connectivity index (χ1v) is 7.28. The average molecular weight is 319 g/mol. The van der Waals surface area contributed by atoms with Crippen molar-refractivity contribution in [3.8, 4) is 0 Å². The zero-order chi connectivity index (χ0) is 17.2. The molecule has 1 amide bonds. The van der Waals surface area contributed by atoms with Gasteiger partial charge < -0.3 is 19.6 Å². The number of carbonyl (C=O) groups excluding carboxylic acids is 1. The fourth-order valence-corrected chi connectivity index (χ4v) is 2.53. The van der Waals surface area contributed by atoms with Crippen molar-refractivity contribution >= 4 is 22.8 Å². The van der Waals surface area contributed by atoms with Crippen molar-refractivity contribution in [3.63, 3.8) is 0 Å². The van der Waals surface area contributed by atoms with Gasteiger partial charge in [0.15, 0.2) is 5.76 Å². The second kappa shape index (κ2) is 6.42. The first-order valence-electron chi connectivity index (χ1n) is 7.28. The summed E-state index contributed by atoms with van der Waals surface area (Å²) in [5, 5.41) is 12.5. The van der Waals surface area contributed by atoms with E-state index in [0.717, 1.165) is 16.5 Å². The molecule has 1 atom stereocenters. The normalized spacial score (nSPS) is 13.7. The molecule has 2 rings (SSSR count). The van der Waals surface area contributed by atoms with Gasteiger partial charge in [-0.2, -0.15) is 0 Å². The van der Waals surface area contributed by atoms with E-state index in [1.807, 2.05) is 26.0 Å². The molecule has 6 nitrogen and oxygen atoms in total. The maximum Gasteiger partial charge on any atom is 0.305 e. The van der Waals surface area contributed by atoms with Crippen LogP contribution in [0.3, 0.4) is 0 Å². The molecule has 2 aromatic rings. The molecule has 1 heterocycles. The van der Waals surface area contributed by atoms with E-state index in [2.05, 4.69) is 5.32 Å². The van der Waals surface area contributed by atoms with Crippen LogP contribution in [-0.2, 0) is 9.53 Å². The molecule has 0 saturated heterocycles. The van der Waals surface area contributed by atoms with Crippen LogP contribution in [0.2, 0.25) is 0 Å². The first kappa shape index (κ1) is 17.0. The fourth-order valence-electron chi connectivity index (χ4n) is 2.53. The summed E-state index contributed by atoms with van der Waals surface area (Å²) in [6.07, 6.45) is -0.245. The van der Waals surface area contributed by atoms with Gasteiger partial charge in [-0.1, -0.05) is 0 Å². The Hall–Kier alpha value is -2.34. The number of carboxylic acids is 1. The number of nitrogens with one attached hydrogen (secondary N) is 1. The molecule has 124 valence electrons. The number of carbonyl (C=O) groups is 2. The van der Waals surface area contributed by atoms with Crippen LogP contribution in [0.25, 0.3) is 11.0 Å². The van der Waals surface area contributed by atoms with E-state index in [0.29, 0.717) is 5.58 Å². The van der Waals surface area contributed by atoms with Crippen LogP contribution >= 0.6 is 0 Å². The number of hydrogen-bond donors (Lipinski definition) is 2. The minimum Gasteiger partial charge on any atom is -0.481 e. The lowest BCUT2D eigenvalue weighted by atomic mass is 9.99. The second-order valence-corrected chi connectivity index (χ2v) is 6.10. The lowest BCUT2D eigenvalue weighted by Gasteiger charge is -2.27. The number of amides is 1. The molecular weight excluding hydrogens is 298 g/mol. The summed E-state index contributed by atoms with van der Waals surface area (Å²) in [5.41, 5.74) is 1.81. The van der Waals surface area contributed by atoms with Crippen molar-refractivity contribution in [1.82, 2.24) is 5.32 Å². The van der Waals surface area contributed by atoms with E-state index in [-0.39, 0.29) is 18.8 Å². The minimum absolute atomic E-state index is 0.0868. The van der Waals surface area contributed by atoms with E-state index >= 15 is 0 Å². The van der Waals surface area contributed by atoms with Crippen LogP contribution in [-0.4, -0.2) is 36.2 Å². The number of furan rings is 1. The Morgan fingerprint density at radius 2 is 1.91 bits per heavy atom.